The first-order valence-corrected chi connectivity index (χ1v) is 7.17. The van der Waals surface area contributed by atoms with E-state index in [-0.39, 0.29) is 17.6 Å². The summed E-state index contributed by atoms with van der Waals surface area (Å²) >= 11 is 0. The summed E-state index contributed by atoms with van der Waals surface area (Å²) < 4.78 is 18.0. The summed E-state index contributed by atoms with van der Waals surface area (Å²) in [6, 6.07) is 5.19. The second-order valence-electron chi connectivity index (χ2n) is 5.05. The molecule has 0 aliphatic carbocycles. The molecule has 1 heterocycles. The van der Waals surface area contributed by atoms with Gasteiger partial charge in [-0.05, 0) is 30.7 Å². The fourth-order valence-corrected chi connectivity index (χ4v) is 2.13. The predicted octanol–water partition coefficient (Wildman–Crippen LogP) is 1.20. The maximum Gasteiger partial charge on any atom is 0.245 e. The molecule has 1 aromatic carbocycles. The molecule has 5 nitrogen and oxygen atoms in total. The summed E-state index contributed by atoms with van der Waals surface area (Å²) in [7, 11) is 0. The number of morpholine rings is 1. The first-order chi connectivity index (χ1) is 10.6. The molecule has 0 bridgehead atoms. The Labute approximate surface area is 128 Å². The fraction of sp³-hybridized carbons (Fsp3) is 0.375. The molecular formula is C16H19FN2O3. The molecule has 1 unspecified atom stereocenters. The lowest BCUT2D eigenvalue weighted by atomic mass is 10.2. The van der Waals surface area contributed by atoms with Crippen LogP contribution in [0.4, 0.5) is 4.39 Å². The molecule has 2 amide bonds. The summed E-state index contributed by atoms with van der Waals surface area (Å²) in [5.74, 6) is -0.809. The van der Waals surface area contributed by atoms with Crippen molar-refractivity contribution in [2.45, 2.75) is 13.0 Å². The number of benzene rings is 1. The van der Waals surface area contributed by atoms with E-state index in [0.29, 0.717) is 31.9 Å². The van der Waals surface area contributed by atoms with Crippen LogP contribution in [0.1, 0.15) is 12.5 Å². The van der Waals surface area contributed by atoms with Crippen molar-refractivity contribution in [2.75, 3.05) is 26.3 Å². The van der Waals surface area contributed by atoms with E-state index < -0.39 is 6.04 Å². The lowest BCUT2D eigenvalue weighted by Gasteiger charge is -2.29. The van der Waals surface area contributed by atoms with Gasteiger partial charge in [-0.15, -0.1) is 0 Å². The third-order valence-corrected chi connectivity index (χ3v) is 3.35. The first kappa shape index (κ1) is 16.2. The van der Waals surface area contributed by atoms with Gasteiger partial charge in [0.15, 0.2) is 0 Å². The van der Waals surface area contributed by atoms with E-state index in [1.165, 1.54) is 18.2 Å². The van der Waals surface area contributed by atoms with Gasteiger partial charge in [0.25, 0.3) is 0 Å². The average Bonchev–Trinajstić information content (AvgIpc) is 2.54. The number of carbonyl (C=O) groups is 2. The molecule has 2 rings (SSSR count). The Morgan fingerprint density at radius 2 is 1.91 bits per heavy atom. The molecule has 1 aliphatic rings. The molecule has 0 spiro atoms. The second kappa shape index (κ2) is 7.70. The van der Waals surface area contributed by atoms with Crippen molar-refractivity contribution in [3.8, 4) is 0 Å². The lowest BCUT2D eigenvalue weighted by molar-refractivity contribution is -0.138. The van der Waals surface area contributed by atoms with Crippen LogP contribution in [0.15, 0.2) is 30.3 Å². The van der Waals surface area contributed by atoms with Gasteiger partial charge in [0.2, 0.25) is 11.8 Å². The van der Waals surface area contributed by atoms with Crippen LogP contribution >= 0.6 is 0 Å². The topological polar surface area (TPSA) is 58.6 Å². The Morgan fingerprint density at radius 3 is 2.55 bits per heavy atom. The zero-order valence-corrected chi connectivity index (χ0v) is 12.4. The Morgan fingerprint density at radius 1 is 1.27 bits per heavy atom. The van der Waals surface area contributed by atoms with Crippen molar-refractivity contribution in [3.05, 3.63) is 41.7 Å². The van der Waals surface area contributed by atoms with Gasteiger partial charge in [-0.3, -0.25) is 9.59 Å². The van der Waals surface area contributed by atoms with Crippen LogP contribution in [0, 0.1) is 5.82 Å². The highest BCUT2D eigenvalue weighted by Gasteiger charge is 2.22. The monoisotopic (exact) mass is 306 g/mol. The Balaban J connectivity index is 1.85. The molecule has 0 saturated carbocycles. The van der Waals surface area contributed by atoms with Crippen molar-refractivity contribution in [1.29, 1.82) is 0 Å². The maximum atomic E-state index is 12.8. The molecule has 0 aromatic heterocycles. The Bertz CT molecular complexity index is 551. The van der Waals surface area contributed by atoms with Crippen molar-refractivity contribution in [2.24, 2.45) is 0 Å². The van der Waals surface area contributed by atoms with Gasteiger partial charge in [-0.2, -0.15) is 0 Å². The van der Waals surface area contributed by atoms with E-state index >= 15 is 0 Å². The smallest absolute Gasteiger partial charge is 0.245 e. The number of halogens is 1. The van der Waals surface area contributed by atoms with E-state index in [1.54, 1.807) is 30.0 Å². The first-order valence-electron chi connectivity index (χ1n) is 7.17. The molecule has 1 aliphatic heterocycles. The van der Waals surface area contributed by atoms with Gasteiger partial charge in [0.1, 0.15) is 11.9 Å². The number of carbonyl (C=O) groups excluding carboxylic acids is 2. The zero-order chi connectivity index (χ0) is 15.9. The minimum absolute atomic E-state index is 0.119. The number of rotatable bonds is 4. The second-order valence-corrected chi connectivity index (χ2v) is 5.05. The molecule has 1 atom stereocenters. The Kier molecular flexibility index (Phi) is 5.66. The van der Waals surface area contributed by atoms with Gasteiger partial charge in [-0.25, -0.2) is 4.39 Å². The molecule has 118 valence electrons. The largest absolute Gasteiger partial charge is 0.378 e. The maximum absolute atomic E-state index is 12.8. The van der Waals surface area contributed by atoms with Crippen molar-refractivity contribution < 1.29 is 18.7 Å². The van der Waals surface area contributed by atoms with E-state index in [0.717, 1.165) is 0 Å². The van der Waals surface area contributed by atoms with Crippen LogP contribution in [-0.4, -0.2) is 49.1 Å². The predicted molar refractivity (Wildman–Crippen MR) is 80.4 cm³/mol. The summed E-state index contributed by atoms with van der Waals surface area (Å²) in [6.07, 6.45) is 2.90. The van der Waals surface area contributed by atoms with E-state index in [9.17, 15) is 14.0 Å². The molecule has 22 heavy (non-hydrogen) atoms. The number of amides is 2. The van der Waals surface area contributed by atoms with Crippen LogP contribution in [-0.2, 0) is 14.3 Å². The number of ether oxygens (including phenoxy) is 1. The van der Waals surface area contributed by atoms with Gasteiger partial charge in [0.05, 0.1) is 13.2 Å². The van der Waals surface area contributed by atoms with Gasteiger partial charge < -0.3 is 15.0 Å². The third kappa shape index (κ3) is 4.66. The van der Waals surface area contributed by atoms with Gasteiger partial charge >= 0.3 is 0 Å². The van der Waals surface area contributed by atoms with Crippen LogP contribution in [0.3, 0.4) is 0 Å². The minimum Gasteiger partial charge on any atom is -0.378 e. The highest BCUT2D eigenvalue weighted by molar-refractivity contribution is 5.95. The van der Waals surface area contributed by atoms with Gasteiger partial charge in [0, 0.05) is 19.2 Å². The summed E-state index contributed by atoms with van der Waals surface area (Å²) in [5.41, 5.74) is 0.712. The number of nitrogens with zero attached hydrogens (tertiary/aromatic N) is 1. The minimum atomic E-state index is -0.594. The molecule has 6 heteroatoms. The third-order valence-electron chi connectivity index (χ3n) is 3.35. The highest BCUT2D eigenvalue weighted by Crippen LogP contribution is 2.05. The van der Waals surface area contributed by atoms with Crippen LogP contribution in [0.25, 0.3) is 6.08 Å². The summed E-state index contributed by atoms with van der Waals surface area (Å²) in [4.78, 5) is 25.6. The SMILES string of the molecule is CC(NC(=O)/C=C/c1ccc(F)cc1)C(=O)N1CCOCC1. The fourth-order valence-electron chi connectivity index (χ4n) is 2.13. The average molecular weight is 306 g/mol. The van der Waals surface area contributed by atoms with E-state index in [1.807, 2.05) is 0 Å². The van der Waals surface area contributed by atoms with Crippen LogP contribution in [0.5, 0.6) is 0 Å². The van der Waals surface area contributed by atoms with Gasteiger partial charge in [-0.1, -0.05) is 12.1 Å². The van der Waals surface area contributed by atoms with Crippen LogP contribution < -0.4 is 5.32 Å². The molecule has 1 fully saturated rings. The Hall–Kier alpha value is -2.21. The van der Waals surface area contributed by atoms with Crippen molar-refractivity contribution in [3.63, 3.8) is 0 Å². The lowest BCUT2D eigenvalue weighted by Crippen LogP contribution is -2.50. The van der Waals surface area contributed by atoms with Crippen LogP contribution in [0.2, 0.25) is 0 Å². The number of hydrogen-bond donors (Lipinski definition) is 1. The molecular weight excluding hydrogens is 287 g/mol. The molecule has 0 radical (unpaired) electrons. The van der Waals surface area contributed by atoms with E-state index in [2.05, 4.69) is 5.32 Å². The van der Waals surface area contributed by atoms with Crippen molar-refractivity contribution in [1.82, 2.24) is 10.2 Å². The van der Waals surface area contributed by atoms with Crippen molar-refractivity contribution >= 4 is 17.9 Å². The standard InChI is InChI=1S/C16H19FN2O3/c1-12(16(21)19-8-10-22-11-9-19)18-15(20)7-4-13-2-5-14(17)6-3-13/h2-7,12H,8-11H2,1H3,(H,18,20)/b7-4+. The molecule has 1 N–H and O–H groups in total. The quantitative estimate of drug-likeness (QED) is 0.851. The summed E-state index contributed by atoms with van der Waals surface area (Å²) in [5, 5.41) is 2.63. The molecule has 1 saturated heterocycles. The number of nitrogens with one attached hydrogen (secondary N) is 1. The zero-order valence-electron chi connectivity index (χ0n) is 12.4. The highest BCUT2D eigenvalue weighted by atomic mass is 19.1. The van der Waals surface area contributed by atoms with E-state index in [4.69, 9.17) is 4.74 Å². The molecule has 1 aromatic rings. The summed E-state index contributed by atoms with van der Waals surface area (Å²) in [6.45, 7) is 3.80. The normalized spacial score (nSPS) is 16.5. The number of hydrogen-bond acceptors (Lipinski definition) is 3.